The molecule has 19 heteroatoms. The largest absolute Gasteiger partial charge is 0.377 e. The summed E-state index contributed by atoms with van der Waals surface area (Å²) in [6.45, 7) is 18.0. The Bertz CT molecular complexity index is 2980. The maximum atomic E-state index is 14.0. The lowest BCUT2D eigenvalue weighted by molar-refractivity contribution is -0.144. The van der Waals surface area contributed by atoms with Crippen LogP contribution < -0.4 is 10.6 Å². The van der Waals surface area contributed by atoms with Crippen LogP contribution >= 0.6 is 34.3 Å². The number of carbonyl (C=O) groups is 3. The van der Waals surface area contributed by atoms with Crippen LogP contribution in [0, 0.1) is 38.0 Å². The van der Waals surface area contributed by atoms with Gasteiger partial charge in [-0.15, -0.1) is 32.9 Å². The molecule has 8 rings (SSSR count). The molecule has 378 valence electrons. The Morgan fingerprint density at radius 3 is 2.33 bits per heavy atom. The van der Waals surface area contributed by atoms with Crippen molar-refractivity contribution in [2.75, 3.05) is 46.2 Å². The van der Waals surface area contributed by atoms with Gasteiger partial charge in [0, 0.05) is 28.9 Å². The van der Waals surface area contributed by atoms with Gasteiger partial charge in [-0.2, -0.15) is 5.10 Å². The number of fused-ring (bicyclic) bond motifs is 3. The number of amides is 3. The van der Waals surface area contributed by atoms with Gasteiger partial charge in [-0.25, -0.2) is 4.98 Å². The number of hydrogen-bond acceptors (Lipinski definition) is 13. The smallest absolute Gasteiger partial charge is 0.246 e. The van der Waals surface area contributed by atoms with Gasteiger partial charge in [0.15, 0.2) is 5.82 Å². The molecule has 0 aliphatic carbocycles. The molecule has 3 amide bonds. The highest BCUT2D eigenvalue weighted by Crippen LogP contribution is 2.39. The number of nitrogens with zero attached hydrogens (tertiary/aromatic N) is 8. The molecular weight excluding hydrogens is 972 g/mol. The summed E-state index contributed by atoms with van der Waals surface area (Å²) in [7, 11) is 0. The van der Waals surface area contributed by atoms with Gasteiger partial charge in [-0.05, 0) is 81.7 Å². The van der Waals surface area contributed by atoms with E-state index >= 15 is 0 Å². The average molecular weight is 1030 g/mol. The molecule has 0 radical (unpaired) electrons. The number of nitrogens with one attached hydrogen (secondary N) is 2. The molecule has 6 heterocycles. The molecule has 2 aromatic carbocycles. The van der Waals surface area contributed by atoms with Crippen LogP contribution in [0.3, 0.4) is 0 Å². The Hall–Kier alpha value is -6.07. The van der Waals surface area contributed by atoms with Crippen LogP contribution in [0.2, 0.25) is 5.02 Å². The van der Waals surface area contributed by atoms with E-state index in [-0.39, 0.29) is 43.7 Å². The molecule has 0 spiro atoms. The fraction of sp³-hybridized carbons (Fsp3) is 0.434. The van der Waals surface area contributed by atoms with E-state index in [9.17, 15) is 14.4 Å². The van der Waals surface area contributed by atoms with Gasteiger partial charge in [-0.3, -0.25) is 28.6 Å². The highest BCUT2D eigenvalue weighted by atomic mass is 35.5. The molecule has 0 unspecified atom stereocenters. The first-order chi connectivity index (χ1) is 34.6. The van der Waals surface area contributed by atoms with Crippen LogP contribution in [0.1, 0.15) is 110 Å². The molecule has 0 bridgehead atoms. The number of thiazole rings is 1. The number of aryl methyl sites for hydroxylation is 2. The van der Waals surface area contributed by atoms with Gasteiger partial charge < -0.3 is 29.7 Å². The normalized spacial score (nSPS) is 16.2. The highest BCUT2D eigenvalue weighted by molar-refractivity contribution is 7.15. The lowest BCUT2D eigenvalue weighted by Crippen LogP contribution is -2.58. The van der Waals surface area contributed by atoms with Crippen molar-refractivity contribution in [3.63, 3.8) is 0 Å². The van der Waals surface area contributed by atoms with Gasteiger partial charge >= 0.3 is 0 Å². The van der Waals surface area contributed by atoms with E-state index < -0.39 is 23.4 Å². The Morgan fingerprint density at radius 2 is 1.62 bits per heavy atom. The van der Waals surface area contributed by atoms with Crippen LogP contribution in [-0.2, 0) is 35.1 Å². The summed E-state index contributed by atoms with van der Waals surface area (Å²) in [5.41, 5.74) is 8.91. The summed E-state index contributed by atoms with van der Waals surface area (Å²) in [5.74, 6) is 7.34. The first-order valence-corrected chi connectivity index (χ1v) is 26.2. The van der Waals surface area contributed by atoms with Crippen molar-refractivity contribution >= 4 is 57.7 Å². The summed E-state index contributed by atoms with van der Waals surface area (Å²) in [4.78, 5) is 53.8. The number of carbonyl (C=O) groups excluding carboxylic acids is 3. The zero-order chi connectivity index (χ0) is 51.1. The summed E-state index contributed by atoms with van der Waals surface area (Å²) in [6, 6.07) is 13.9. The van der Waals surface area contributed by atoms with E-state index in [2.05, 4.69) is 54.2 Å². The van der Waals surface area contributed by atoms with E-state index in [1.807, 2.05) is 109 Å². The number of rotatable bonds is 18. The molecular formula is C53H61ClN10O6S2. The fourth-order valence-electron chi connectivity index (χ4n) is 8.75. The third kappa shape index (κ3) is 12.2. The Morgan fingerprint density at radius 1 is 0.917 bits per heavy atom. The highest BCUT2D eigenvalue weighted by Gasteiger charge is 2.42. The average Bonchev–Trinajstić information content (AvgIpc) is 4.21. The zero-order valence-corrected chi connectivity index (χ0v) is 44.3. The lowest BCUT2D eigenvalue weighted by Gasteiger charge is -2.35. The monoisotopic (exact) mass is 1030 g/mol. The third-order valence-corrected chi connectivity index (χ3v) is 15.1. The van der Waals surface area contributed by atoms with E-state index in [1.54, 1.807) is 38.5 Å². The van der Waals surface area contributed by atoms with E-state index in [0.29, 0.717) is 50.8 Å². The maximum Gasteiger partial charge on any atom is 0.246 e. The van der Waals surface area contributed by atoms with Crippen molar-refractivity contribution in [2.24, 2.45) is 10.4 Å². The summed E-state index contributed by atoms with van der Waals surface area (Å²) < 4.78 is 20.9. The molecule has 0 saturated carbocycles. The van der Waals surface area contributed by atoms with Gasteiger partial charge in [0.05, 0.1) is 84.1 Å². The molecule has 1 fully saturated rings. The molecule has 16 nitrogen and oxygen atoms in total. The number of aromatic nitrogens is 6. The van der Waals surface area contributed by atoms with Crippen LogP contribution in [0.25, 0.3) is 15.4 Å². The van der Waals surface area contributed by atoms with Gasteiger partial charge in [0.25, 0.3) is 0 Å². The number of benzene rings is 2. The van der Waals surface area contributed by atoms with Gasteiger partial charge in [0.1, 0.15) is 35.6 Å². The number of hydrogen-bond donors (Lipinski definition) is 2. The third-order valence-electron chi connectivity index (χ3n) is 12.7. The molecule has 4 aromatic heterocycles. The quantitative estimate of drug-likeness (QED) is 0.0633. The lowest BCUT2D eigenvalue weighted by atomic mass is 9.85. The van der Waals surface area contributed by atoms with Crippen LogP contribution in [0.5, 0.6) is 0 Å². The predicted octanol–water partition coefficient (Wildman–Crippen LogP) is 7.99. The number of ether oxygens (including phenoxy) is 3. The van der Waals surface area contributed by atoms with E-state index in [0.717, 1.165) is 71.2 Å². The van der Waals surface area contributed by atoms with Crippen LogP contribution in [-0.4, -0.2) is 116 Å². The second-order valence-electron chi connectivity index (χ2n) is 19.0. The molecule has 4 atom stereocenters. The second-order valence-corrected chi connectivity index (χ2v) is 21.3. The molecule has 1 saturated heterocycles. The second kappa shape index (κ2) is 23.2. The topological polar surface area (TPSA) is 180 Å². The Balaban J connectivity index is 0.739. The molecule has 6 aromatic rings. The number of thiophene rings is 1. The summed E-state index contributed by atoms with van der Waals surface area (Å²) in [6.07, 6.45) is 4.88. The summed E-state index contributed by atoms with van der Waals surface area (Å²) in [5, 5.41) is 21.0. The maximum absolute atomic E-state index is 14.0. The number of halogens is 1. The molecule has 2 N–H and O–H groups in total. The minimum atomic E-state index is -0.854. The molecule has 72 heavy (non-hydrogen) atoms. The van der Waals surface area contributed by atoms with Gasteiger partial charge in [0.2, 0.25) is 17.7 Å². The van der Waals surface area contributed by atoms with E-state index in [1.165, 1.54) is 0 Å². The van der Waals surface area contributed by atoms with E-state index in [4.69, 9.17) is 30.8 Å². The van der Waals surface area contributed by atoms with Crippen molar-refractivity contribution in [3.8, 4) is 27.3 Å². The summed E-state index contributed by atoms with van der Waals surface area (Å²) >= 11 is 9.44. The van der Waals surface area contributed by atoms with Crippen molar-refractivity contribution in [3.05, 3.63) is 121 Å². The van der Waals surface area contributed by atoms with Gasteiger partial charge in [-0.1, -0.05) is 80.6 Å². The SMILES string of the molecule is Cc1ncsc1-c1ccc([C@H](C)NC(=O)[C@@H]2CCCN2C(=O)[C@@H](NC(=O)COCCOCCOCCn2cc(C#Cc3sc4c(c3C)C(c3ccc(Cl)cc3)=N[C@@H](C)c3nnc(C)n3-4)cn2)C(C)(C)C)cc1. The zero-order valence-electron chi connectivity index (χ0n) is 42.0. The number of likely N-dealkylation sites (tertiary alicyclic amines) is 1. The van der Waals surface area contributed by atoms with Crippen molar-refractivity contribution in [1.82, 2.24) is 45.1 Å². The minimum absolute atomic E-state index is 0.185. The molecule has 2 aliphatic heterocycles. The van der Waals surface area contributed by atoms with Crippen molar-refractivity contribution < 1.29 is 28.6 Å². The minimum Gasteiger partial charge on any atom is -0.377 e. The van der Waals surface area contributed by atoms with Crippen molar-refractivity contribution in [2.45, 2.75) is 98.9 Å². The standard InChI is InChI=1S/C53H61ClN10O6S2/c1-32-43(72-52-45(32)46(39-16-18-41(54)19-17-39)57-35(4)49-61-60-36(5)64(49)52)20-11-37-28-56-62(29-37)22-23-68-24-25-69-26-27-70-30-44(65)59-48(53(6,7)8)51(67)63-21-9-10-42(63)50(66)58-33(2)38-12-14-40(15-13-38)47-34(3)55-31-71-47/h12-19,28-29,31,33,35,42,48H,9-10,21-27,30H2,1-8H3,(H,58,66)(H,59,65)/t33-,35-,42-,48+/m0/s1. The Labute approximate surface area is 433 Å². The van der Waals surface area contributed by atoms with Crippen LogP contribution in [0.15, 0.2) is 71.4 Å². The Kier molecular flexibility index (Phi) is 16.8. The predicted molar refractivity (Wildman–Crippen MR) is 280 cm³/mol. The first-order valence-electron chi connectivity index (χ1n) is 24.2. The number of aliphatic imine (C=N–C) groups is 1. The van der Waals surface area contributed by atoms with Crippen molar-refractivity contribution in [1.29, 1.82) is 0 Å². The molecule has 2 aliphatic rings. The first kappa shape index (κ1) is 52.3. The van der Waals surface area contributed by atoms with Crippen LogP contribution in [0.4, 0.5) is 0 Å². The fourth-order valence-corrected chi connectivity index (χ4v) is 10.9.